The molecule has 0 amide bonds. The predicted octanol–water partition coefficient (Wildman–Crippen LogP) is 16.9. The third-order valence-electron chi connectivity index (χ3n) is 14.5. The Morgan fingerprint density at radius 1 is 0.351 bits per heavy atom. The first-order chi connectivity index (χ1) is 27.7. The van der Waals surface area contributed by atoms with Gasteiger partial charge in [-0.05, 0) is 134 Å². The summed E-state index contributed by atoms with van der Waals surface area (Å²) in [5.41, 5.74) is 9.19. The second kappa shape index (κ2) is 27.9. The summed E-state index contributed by atoms with van der Waals surface area (Å²) >= 11 is 0. The van der Waals surface area contributed by atoms with Crippen molar-refractivity contribution in [1.29, 1.82) is 0 Å². The minimum absolute atomic E-state index is 0. The van der Waals surface area contributed by atoms with Gasteiger partial charge in [0.05, 0.1) is 0 Å². The fourth-order valence-electron chi connectivity index (χ4n) is 11.6. The number of hydrogen-bond donors (Lipinski definition) is 0. The Labute approximate surface area is 367 Å². The molecule has 4 heteroatoms. The molecule has 57 heavy (non-hydrogen) atoms. The Bertz CT molecular complexity index is 1180. The van der Waals surface area contributed by atoms with Gasteiger partial charge >= 0.3 is 0 Å². The molecule has 0 heterocycles. The predicted molar refractivity (Wildman–Crippen MR) is 251 cm³/mol. The van der Waals surface area contributed by atoms with Crippen LogP contribution in [0.25, 0.3) is 12.2 Å². The van der Waals surface area contributed by atoms with Crippen molar-refractivity contribution in [1.82, 2.24) is 0 Å². The fourth-order valence-corrected chi connectivity index (χ4v) is 21.0. The smallest absolute Gasteiger partial charge is 0.178 e. The van der Waals surface area contributed by atoms with Crippen molar-refractivity contribution in [2.45, 2.75) is 227 Å². The van der Waals surface area contributed by atoms with Gasteiger partial charge in [-0.2, -0.15) is 0 Å². The molecule has 0 bridgehead atoms. The van der Waals surface area contributed by atoms with Gasteiger partial charge in [0.15, 0.2) is 5.78 Å². The van der Waals surface area contributed by atoms with E-state index in [1.807, 2.05) is 72.8 Å². The number of carbonyl (C=O) groups is 1. The van der Waals surface area contributed by atoms with Crippen LogP contribution in [0.5, 0.6) is 0 Å². The van der Waals surface area contributed by atoms with E-state index in [0.29, 0.717) is 15.8 Å². The molecular weight excluding hydrogens is 821 g/mol. The van der Waals surface area contributed by atoms with E-state index in [1.165, 1.54) is 72.5 Å². The van der Waals surface area contributed by atoms with Crippen LogP contribution in [-0.2, 0) is 25.2 Å². The maximum absolute atomic E-state index is 11.6. The minimum Gasteiger partial charge on any atom is -0.290 e. The van der Waals surface area contributed by atoms with Gasteiger partial charge < -0.3 is 0 Å². The molecule has 2 aromatic carbocycles. The quantitative estimate of drug-likeness (QED) is 0.132. The first kappa shape index (κ1) is 47.2. The van der Waals surface area contributed by atoms with Crippen LogP contribution in [-0.4, -0.2) is 39.7 Å². The Morgan fingerprint density at radius 2 is 0.561 bits per heavy atom. The maximum Gasteiger partial charge on any atom is 0.178 e. The minimum atomic E-state index is -0.0114. The van der Waals surface area contributed by atoms with Crippen LogP contribution in [0.2, 0.25) is 0 Å². The van der Waals surface area contributed by atoms with E-state index in [0.717, 1.165) is 11.1 Å². The average Bonchev–Trinajstić information content (AvgIpc) is 3.29. The summed E-state index contributed by atoms with van der Waals surface area (Å²) in [6.45, 7) is 0. The molecule has 6 fully saturated rings. The van der Waals surface area contributed by atoms with E-state index in [-0.39, 0.29) is 26.2 Å². The normalized spacial score (nSPS) is 22.8. The van der Waals surface area contributed by atoms with Gasteiger partial charge in [0.1, 0.15) is 0 Å². The Morgan fingerprint density at radius 3 is 0.772 bits per heavy atom. The van der Waals surface area contributed by atoms with E-state index in [9.17, 15) is 4.79 Å². The van der Waals surface area contributed by atoms with Crippen LogP contribution in [0, 0.1) is 0 Å². The van der Waals surface area contributed by atoms with Crippen molar-refractivity contribution in [2.24, 2.45) is 0 Å². The van der Waals surface area contributed by atoms with E-state index in [4.69, 9.17) is 0 Å². The number of allylic oxidation sites excluding steroid dienone is 2. The number of benzene rings is 2. The Hall–Kier alpha value is -0.888. The van der Waals surface area contributed by atoms with Crippen LogP contribution in [0.15, 0.2) is 72.8 Å². The first-order valence-corrected chi connectivity index (χ1v) is 27.4. The molecule has 6 aliphatic carbocycles. The van der Waals surface area contributed by atoms with Gasteiger partial charge in [-0.25, -0.2) is 0 Å². The van der Waals surface area contributed by atoms with Crippen molar-refractivity contribution in [3.05, 3.63) is 83.9 Å². The van der Waals surface area contributed by atoms with E-state index >= 15 is 0 Å². The molecule has 1 nitrogen and oxygen atoms in total. The third-order valence-corrected chi connectivity index (χ3v) is 22.6. The summed E-state index contributed by atoms with van der Waals surface area (Å²) in [6, 6.07) is 19.6. The average molecular weight is 902 g/mol. The van der Waals surface area contributed by atoms with Crippen molar-refractivity contribution < 1.29 is 25.2 Å². The van der Waals surface area contributed by atoms with Crippen molar-refractivity contribution >= 4 is 33.8 Å². The van der Waals surface area contributed by atoms with Gasteiger partial charge in [0.25, 0.3) is 0 Å². The molecule has 0 atom stereocenters. The molecule has 0 aromatic heterocycles. The summed E-state index contributed by atoms with van der Waals surface area (Å²) in [4.78, 5) is 11.6. The second-order valence-electron chi connectivity index (χ2n) is 18.5. The summed E-state index contributed by atoms with van der Waals surface area (Å²) in [6.07, 6.45) is 54.0. The zero-order chi connectivity index (χ0) is 38.5. The molecule has 2 aromatic rings. The van der Waals surface area contributed by atoms with Crippen molar-refractivity contribution in [3.63, 3.8) is 0 Å². The number of carbonyl (C=O) groups excluding carboxylic acids is 1. The first-order valence-electron chi connectivity index (χ1n) is 24.3. The molecule has 8 rings (SSSR count). The van der Waals surface area contributed by atoms with Crippen molar-refractivity contribution in [2.75, 3.05) is 0 Å². The van der Waals surface area contributed by atoms with E-state index in [2.05, 4.69) is 0 Å². The molecule has 0 unspecified atom stereocenters. The molecule has 0 N–H and O–H groups in total. The molecule has 0 aliphatic heterocycles. The summed E-state index contributed by atoms with van der Waals surface area (Å²) in [5.74, 6) is -0.0114. The molecule has 6 saturated carbocycles. The zero-order valence-corrected chi connectivity index (χ0v) is 39.2. The second-order valence-corrected chi connectivity index (χ2v) is 24.7. The fraction of sp³-hybridized carbons (Fsp3) is 0.679. The zero-order valence-electron chi connectivity index (χ0n) is 35.9. The molecule has 6 aliphatic rings. The van der Waals surface area contributed by atoms with Gasteiger partial charge in [-0.15, -0.1) is 0 Å². The van der Waals surface area contributed by atoms with Gasteiger partial charge in [-0.3, -0.25) is 4.79 Å². The molecule has 318 valence electrons. The standard InChI is InChI=1S/2C18H33P.C17H14O.Pd/c2*1-4-10-16(11-5-1)19(17-12-6-2-7-13-17)18-14-8-3-9-15-18;18-17(13-11-15-7-3-1-4-8-15)14-12-16-9-5-2-6-10-16;/h2*16-18H,1-15H2;1-14H;/b;;13-11+,14-12+;. The Balaban J connectivity index is 0.000000162. The summed E-state index contributed by atoms with van der Waals surface area (Å²) in [5, 5.41) is 0. The van der Waals surface area contributed by atoms with Crippen LogP contribution >= 0.6 is 15.8 Å². The molecule has 0 saturated heterocycles. The van der Waals surface area contributed by atoms with Crippen molar-refractivity contribution in [3.8, 4) is 0 Å². The molecule has 0 spiro atoms. The third kappa shape index (κ3) is 16.5. The number of hydrogen-bond acceptors (Lipinski definition) is 1. The van der Waals surface area contributed by atoms with Gasteiger partial charge in [-0.1, -0.05) is 204 Å². The van der Waals surface area contributed by atoms with Crippen LogP contribution in [0.4, 0.5) is 0 Å². The SMILES string of the molecule is C1CCC(P(C2CCCCC2)C2CCCCC2)CC1.C1CCC(P(C2CCCCC2)C2CCCCC2)CC1.O=C(/C=C/c1ccccc1)/C=C/c1ccccc1.[Pd]. The van der Waals surface area contributed by atoms with Crippen LogP contribution in [0.3, 0.4) is 0 Å². The summed E-state index contributed by atoms with van der Waals surface area (Å²) < 4.78 is 0. The monoisotopic (exact) mass is 900 g/mol. The number of rotatable bonds is 10. The van der Waals surface area contributed by atoms with Gasteiger partial charge in [0.2, 0.25) is 0 Å². The number of ketones is 1. The molecule has 0 radical (unpaired) electrons. The Kier molecular flexibility index (Phi) is 23.1. The topological polar surface area (TPSA) is 17.1 Å². The maximum atomic E-state index is 11.6. The van der Waals surface area contributed by atoms with Crippen LogP contribution < -0.4 is 0 Å². The van der Waals surface area contributed by atoms with Gasteiger partial charge in [0, 0.05) is 20.4 Å². The van der Waals surface area contributed by atoms with E-state index < -0.39 is 0 Å². The van der Waals surface area contributed by atoms with E-state index in [1.54, 1.807) is 166 Å². The largest absolute Gasteiger partial charge is 0.290 e. The summed E-state index contributed by atoms with van der Waals surface area (Å²) in [7, 11) is 0.770. The van der Waals surface area contributed by atoms with Crippen LogP contribution in [0.1, 0.15) is 204 Å². The molecular formula is C53H80OP2Pd.